The zero-order valence-corrected chi connectivity index (χ0v) is 24.4. The van der Waals surface area contributed by atoms with Gasteiger partial charge in [-0.1, -0.05) is 30.3 Å². The average Bonchev–Trinajstić information content (AvgIpc) is 3.31. The molecule has 10 heteroatoms. The quantitative estimate of drug-likeness (QED) is 0.292. The van der Waals surface area contributed by atoms with E-state index in [-0.39, 0.29) is 0 Å². The number of nitrogens with zero attached hydrogens (tertiary/aromatic N) is 5. The molecule has 0 bridgehead atoms. The molecule has 0 saturated carbocycles. The monoisotopic (exact) mass is 572 g/mol. The predicted molar refractivity (Wildman–Crippen MR) is 160 cm³/mol. The van der Waals surface area contributed by atoms with Crippen LogP contribution in [0, 0.1) is 11.3 Å². The van der Waals surface area contributed by atoms with Crippen LogP contribution in [0.1, 0.15) is 22.5 Å². The summed E-state index contributed by atoms with van der Waals surface area (Å²) in [5.74, 6) is 0.895. The molecule has 0 aliphatic carbocycles. The molecule has 1 aliphatic rings. The number of nitrogens with one attached hydrogen (secondary N) is 1. The number of nitriles is 1. The molecule has 0 unspecified atom stereocenters. The van der Waals surface area contributed by atoms with Gasteiger partial charge in [0.05, 0.1) is 46.5 Å². The van der Waals surface area contributed by atoms with Crippen LogP contribution in [0.15, 0.2) is 71.6 Å². The highest BCUT2D eigenvalue weighted by atomic mass is 32.2. The Morgan fingerprint density at radius 2 is 1.78 bits per heavy atom. The Hall–Kier alpha value is -3.75. The van der Waals surface area contributed by atoms with Crippen molar-refractivity contribution in [3.63, 3.8) is 0 Å². The molecule has 1 saturated heterocycles. The number of aromatic nitrogens is 2. The van der Waals surface area contributed by atoms with Gasteiger partial charge < -0.3 is 14.2 Å². The maximum absolute atomic E-state index is 13.5. The first kappa shape index (κ1) is 28.8. The van der Waals surface area contributed by atoms with Crippen LogP contribution in [0.25, 0.3) is 11.0 Å². The molecule has 3 aromatic carbocycles. The molecule has 2 heterocycles. The van der Waals surface area contributed by atoms with Gasteiger partial charge >= 0.3 is 0 Å². The molecule has 0 amide bonds. The highest BCUT2D eigenvalue weighted by Crippen LogP contribution is 2.26. The summed E-state index contributed by atoms with van der Waals surface area (Å²) in [4.78, 5) is 9.67. The van der Waals surface area contributed by atoms with Gasteiger partial charge in [0.2, 0.25) is 0 Å². The van der Waals surface area contributed by atoms with E-state index in [1.54, 1.807) is 18.2 Å². The van der Waals surface area contributed by atoms with Crippen molar-refractivity contribution in [2.45, 2.75) is 24.3 Å². The molecule has 4 aromatic rings. The van der Waals surface area contributed by atoms with Gasteiger partial charge in [-0.2, -0.15) is 5.26 Å². The number of sulfonamides is 1. The van der Waals surface area contributed by atoms with E-state index < -0.39 is 10.0 Å². The lowest BCUT2D eigenvalue weighted by Crippen LogP contribution is -2.38. The largest absolute Gasteiger partial charge is 0.379 e. The number of benzene rings is 3. The smallest absolute Gasteiger partial charge is 0.262 e. The van der Waals surface area contributed by atoms with Crippen LogP contribution >= 0.6 is 0 Å². The average molecular weight is 573 g/mol. The second kappa shape index (κ2) is 12.8. The van der Waals surface area contributed by atoms with E-state index in [2.05, 4.69) is 20.3 Å². The van der Waals surface area contributed by atoms with Crippen molar-refractivity contribution < 1.29 is 13.2 Å². The van der Waals surface area contributed by atoms with E-state index >= 15 is 0 Å². The fourth-order valence-electron chi connectivity index (χ4n) is 5.10. The Morgan fingerprint density at radius 3 is 2.51 bits per heavy atom. The predicted octanol–water partition coefficient (Wildman–Crippen LogP) is 3.74. The first-order valence-corrected chi connectivity index (χ1v) is 15.3. The topological polar surface area (TPSA) is 103 Å². The molecular formula is C31H36N6O3S. The SMILES string of the molecule is CN(C)CCc1ccccc1S(=O)(=O)Nc1ccc2c(c1)nc(Cc1ccc(C#N)cc1)n2CCN1CCOCC1. The lowest BCUT2D eigenvalue weighted by atomic mass is 10.1. The number of fused-ring (bicyclic) bond motifs is 1. The number of rotatable bonds is 11. The van der Waals surface area contributed by atoms with Gasteiger partial charge in [0, 0.05) is 39.1 Å². The number of anilines is 1. The number of hydrogen-bond donors (Lipinski definition) is 1. The summed E-state index contributed by atoms with van der Waals surface area (Å²) in [6.07, 6.45) is 1.24. The summed E-state index contributed by atoms with van der Waals surface area (Å²) in [6.45, 7) is 5.66. The van der Waals surface area contributed by atoms with Gasteiger partial charge in [-0.3, -0.25) is 9.62 Å². The van der Waals surface area contributed by atoms with Gasteiger partial charge in [0.15, 0.2) is 0 Å². The van der Waals surface area contributed by atoms with Crippen LogP contribution in [0.4, 0.5) is 5.69 Å². The van der Waals surface area contributed by atoms with Crippen molar-refractivity contribution in [1.82, 2.24) is 19.4 Å². The summed E-state index contributed by atoms with van der Waals surface area (Å²) in [6, 6.07) is 22.4. The third kappa shape index (κ3) is 7.13. The number of imidazole rings is 1. The van der Waals surface area contributed by atoms with Crippen molar-refractivity contribution in [3.8, 4) is 6.07 Å². The zero-order chi connectivity index (χ0) is 28.8. The van der Waals surface area contributed by atoms with E-state index in [1.165, 1.54) is 0 Å². The fraction of sp³-hybridized carbons (Fsp3) is 0.355. The first-order chi connectivity index (χ1) is 19.8. The maximum Gasteiger partial charge on any atom is 0.262 e. The van der Waals surface area contributed by atoms with E-state index in [0.717, 1.165) is 73.9 Å². The molecule has 41 heavy (non-hydrogen) atoms. The summed E-state index contributed by atoms with van der Waals surface area (Å²) < 4.78 is 37.4. The van der Waals surface area contributed by atoms with E-state index in [9.17, 15) is 8.42 Å². The Kier molecular flexibility index (Phi) is 9.00. The summed E-state index contributed by atoms with van der Waals surface area (Å²) in [5.41, 5.74) is 4.62. The molecule has 9 nitrogen and oxygen atoms in total. The third-order valence-corrected chi connectivity index (χ3v) is 8.84. The van der Waals surface area contributed by atoms with Crippen LogP contribution in [-0.2, 0) is 34.1 Å². The number of hydrogen-bond acceptors (Lipinski definition) is 7. The van der Waals surface area contributed by atoms with Crippen LogP contribution in [0.2, 0.25) is 0 Å². The lowest BCUT2D eigenvalue weighted by Gasteiger charge is -2.27. The van der Waals surface area contributed by atoms with Crippen LogP contribution in [0.5, 0.6) is 0 Å². The molecule has 1 aromatic heterocycles. The summed E-state index contributed by atoms with van der Waals surface area (Å²) in [5, 5.41) is 9.16. The molecule has 1 aliphatic heterocycles. The summed E-state index contributed by atoms with van der Waals surface area (Å²) in [7, 11) is 0.153. The highest BCUT2D eigenvalue weighted by Gasteiger charge is 2.20. The number of morpholine rings is 1. The first-order valence-electron chi connectivity index (χ1n) is 13.9. The zero-order valence-electron chi connectivity index (χ0n) is 23.6. The Labute approximate surface area is 242 Å². The second-order valence-electron chi connectivity index (χ2n) is 10.6. The minimum Gasteiger partial charge on any atom is -0.379 e. The van der Waals surface area contributed by atoms with Crippen molar-refractivity contribution in [2.75, 3.05) is 58.2 Å². The molecule has 1 N–H and O–H groups in total. The van der Waals surface area contributed by atoms with Gasteiger partial charge in [0.1, 0.15) is 5.82 Å². The lowest BCUT2D eigenvalue weighted by molar-refractivity contribution is 0.0364. The van der Waals surface area contributed by atoms with Gasteiger partial charge in [0.25, 0.3) is 10.0 Å². The Morgan fingerprint density at radius 1 is 1.02 bits per heavy atom. The molecule has 0 spiro atoms. The van der Waals surface area contributed by atoms with Crippen molar-refractivity contribution in [3.05, 3.63) is 89.2 Å². The Bertz CT molecular complexity index is 1630. The van der Waals surface area contributed by atoms with Crippen LogP contribution in [0.3, 0.4) is 0 Å². The van der Waals surface area contributed by atoms with Gasteiger partial charge in [-0.25, -0.2) is 13.4 Å². The molecule has 1 fully saturated rings. The number of ether oxygens (including phenoxy) is 1. The molecular weight excluding hydrogens is 536 g/mol. The van der Waals surface area contributed by atoms with Crippen molar-refractivity contribution >= 4 is 26.7 Å². The van der Waals surface area contributed by atoms with Crippen LogP contribution in [-0.4, -0.2) is 81.3 Å². The Balaban J connectivity index is 1.43. The van der Waals surface area contributed by atoms with E-state index in [4.69, 9.17) is 15.0 Å². The molecule has 0 atom stereocenters. The standard InChI is InChI=1S/C31H36N6O3S/c1-35(2)14-13-26-5-3-4-6-30(26)41(38,39)34-27-11-12-29-28(22-27)33-31(21-24-7-9-25(23-32)10-8-24)37(29)16-15-36-17-19-40-20-18-36/h3-12,22,34H,13-21H2,1-2H3. The van der Waals surface area contributed by atoms with Crippen molar-refractivity contribution in [1.29, 1.82) is 5.26 Å². The maximum atomic E-state index is 13.5. The third-order valence-electron chi connectivity index (χ3n) is 7.36. The molecule has 0 radical (unpaired) electrons. The van der Waals surface area contributed by atoms with E-state index in [0.29, 0.717) is 29.0 Å². The molecule has 214 valence electrons. The highest BCUT2D eigenvalue weighted by molar-refractivity contribution is 7.92. The van der Waals surface area contributed by atoms with E-state index in [1.807, 2.05) is 67.5 Å². The number of likely N-dealkylation sites (N-methyl/N-ethyl adjacent to an activating group) is 1. The van der Waals surface area contributed by atoms with Gasteiger partial charge in [-0.05, 0) is 68.0 Å². The fourth-order valence-corrected chi connectivity index (χ4v) is 6.42. The summed E-state index contributed by atoms with van der Waals surface area (Å²) >= 11 is 0. The van der Waals surface area contributed by atoms with Crippen molar-refractivity contribution in [2.24, 2.45) is 0 Å². The minimum atomic E-state index is -3.79. The van der Waals surface area contributed by atoms with Crippen LogP contribution < -0.4 is 4.72 Å². The minimum absolute atomic E-state index is 0.291. The second-order valence-corrected chi connectivity index (χ2v) is 12.2. The normalized spacial score (nSPS) is 14.4. The molecule has 5 rings (SSSR count). The van der Waals surface area contributed by atoms with Gasteiger partial charge in [-0.15, -0.1) is 0 Å².